The van der Waals surface area contributed by atoms with Crippen molar-refractivity contribution in [3.63, 3.8) is 0 Å². The lowest BCUT2D eigenvalue weighted by Gasteiger charge is -2.48. The molecule has 4 aliphatic rings. The summed E-state index contributed by atoms with van der Waals surface area (Å²) in [4.78, 5) is 5.26. The Kier molecular flexibility index (Phi) is 6.26. The molecule has 54 heavy (non-hydrogen) atoms. The number of fused-ring (bicyclic) bond motifs is 11. The van der Waals surface area contributed by atoms with Gasteiger partial charge in [0.2, 0.25) is 6.71 Å². The van der Waals surface area contributed by atoms with E-state index < -0.39 is 0 Å². The summed E-state index contributed by atoms with van der Waals surface area (Å²) in [5.41, 5.74) is 26.4. The summed E-state index contributed by atoms with van der Waals surface area (Å²) in [6.45, 7) is 16.6. The average Bonchev–Trinajstić information content (AvgIpc) is 3.55. The number of benzene rings is 7. The molecule has 11 rings (SSSR count). The third-order valence-corrected chi connectivity index (χ3v) is 13.3. The highest BCUT2D eigenvalue weighted by Gasteiger charge is 2.48. The van der Waals surface area contributed by atoms with Crippen LogP contribution in [0.2, 0.25) is 0 Å². The van der Waals surface area contributed by atoms with E-state index in [1.165, 1.54) is 112 Å². The van der Waals surface area contributed by atoms with Crippen LogP contribution in [0.15, 0.2) is 133 Å². The molecular formula is C51H43BN2. The Morgan fingerprint density at radius 1 is 0.426 bits per heavy atom. The Labute approximate surface area is 319 Å². The van der Waals surface area contributed by atoms with Crippen molar-refractivity contribution < 1.29 is 0 Å². The molecule has 7 aromatic carbocycles. The molecule has 0 aromatic heterocycles. The molecule has 0 atom stereocenters. The van der Waals surface area contributed by atoms with Crippen molar-refractivity contribution >= 4 is 57.2 Å². The van der Waals surface area contributed by atoms with Crippen LogP contribution in [-0.4, -0.2) is 6.71 Å². The molecule has 0 radical (unpaired) electrons. The van der Waals surface area contributed by atoms with Gasteiger partial charge in [-0.2, -0.15) is 0 Å². The monoisotopic (exact) mass is 694 g/mol. The molecule has 3 heteroatoms. The van der Waals surface area contributed by atoms with Gasteiger partial charge in [-0.15, -0.1) is 0 Å². The standard InChI is InChI=1S/C51H43BN2/c1-30-28-31(2)47(32(3)29-30)52-39-21-15-25-44-48(39)54(49-40(52)27-26-36-34-17-9-11-20-38(34)51(6,7)46(36)49)42-23-13-12-22-41(42)53(44)43-24-14-18-35-33-16-8-10-19-37(33)50(4,5)45(35)43/h8-29H,1-7H3. The third kappa shape index (κ3) is 3.87. The zero-order chi connectivity index (χ0) is 36.8. The van der Waals surface area contributed by atoms with Gasteiger partial charge >= 0.3 is 0 Å². The smallest absolute Gasteiger partial charge is 0.247 e. The van der Waals surface area contributed by atoms with Crippen molar-refractivity contribution in [3.8, 4) is 22.3 Å². The van der Waals surface area contributed by atoms with Crippen LogP contribution in [0.1, 0.15) is 66.6 Å². The van der Waals surface area contributed by atoms with E-state index in [1.807, 2.05) is 0 Å². The van der Waals surface area contributed by atoms with E-state index in [2.05, 4.69) is 192 Å². The number of hydrogen-bond acceptors (Lipinski definition) is 2. The van der Waals surface area contributed by atoms with Gasteiger partial charge in [0.15, 0.2) is 0 Å². The normalized spacial score (nSPS) is 15.9. The minimum atomic E-state index is -0.187. The maximum Gasteiger partial charge on any atom is 0.247 e. The van der Waals surface area contributed by atoms with Crippen LogP contribution in [0.4, 0.5) is 34.1 Å². The van der Waals surface area contributed by atoms with Gasteiger partial charge in [-0.25, -0.2) is 0 Å². The third-order valence-electron chi connectivity index (χ3n) is 13.3. The topological polar surface area (TPSA) is 6.48 Å². The number of rotatable bonds is 2. The SMILES string of the molecule is Cc1cc(C)c(B2c3cccc4c3N(c3ccccc3N4c3cccc4c3C(C)(C)c3ccccc3-4)c3c2ccc2c3C(C)(C)c3ccccc3-2)c(C)c1. The summed E-state index contributed by atoms with van der Waals surface area (Å²) in [5, 5.41) is 0. The summed E-state index contributed by atoms with van der Waals surface area (Å²) in [5.74, 6) is 0. The number of nitrogens with zero attached hydrogens (tertiary/aromatic N) is 2. The van der Waals surface area contributed by atoms with Gasteiger partial charge in [-0.1, -0.05) is 159 Å². The predicted molar refractivity (Wildman–Crippen MR) is 230 cm³/mol. The summed E-state index contributed by atoms with van der Waals surface area (Å²) < 4.78 is 0. The van der Waals surface area contributed by atoms with E-state index in [4.69, 9.17) is 0 Å². The zero-order valence-electron chi connectivity index (χ0n) is 32.2. The van der Waals surface area contributed by atoms with Crippen molar-refractivity contribution in [3.05, 3.63) is 172 Å². The first-order chi connectivity index (χ1) is 26.1. The molecule has 2 aliphatic heterocycles. The Bertz CT molecular complexity index is 2760. The first kappa shape index (κ1) is 31.7. The van der Waals surface area contributed by atoms with Gasteiger partial charge in [0.1, 0.15) is 0 Å². The fraction of sp³-hybridized carbons (Fsp3) is 0.176. The van der Waals surface area contributed by atoms with Gasteiger partial charge in [0.25, 0.3) is 0 Å². The van der Waals surface area contributed by atoms with Crippen LogP contribution in [0.25, 0.3) is 22.3 Å². The van der Waals surface area contributed by atoms with Crippen LogP contribution in [0.5, 0.6) is 0 Å². The Balaban J connectivity index is 1.26. The van der Waals surface area contributed by atoms with Gasteiger partial charge in [0.05, 0.1) is 28.4 Å². The molecular weight excluding hydrogens is 651 g/mol. The summed E-state index contributed by atoms with van der Waals surface area (Å²) >= 11 is 0. The molecule has 0 fully saturated rings. The second-order valence-electron chi connectivity index (χ2n) is 17.1. The highest BCUT2D eigenvalue weighted by Crippen LogP contribution is 2.61. The number of anilines is 6. The number of aryl methyl sites for hydroxylation is 3. The second-order valence-corrected chi connectivity index (χ2v) is 17.1. The maximum atomic E-state index is 2.66. The molecule has 2 nitrogen and oxygen atoms in total. The molecule has 2 heterocycles. The first-order valence-electron chi connectivity index (χ1n) is 19.5. The van der Waals surface area contributed by atoms with Crippen LogP contribution in [0.3, 0.4) is 0 Å². The predicted octanol–water partition coefficient (Wildman–Crippen LogP) is 11.3. The van der Waals surface area contributed by atoms with E-state index >= 15 is 0 Å². The lowest BCUT2D eigenvalue weighted by Crippen LogP contribution is -2.59. The van der Waals surface area contributed by atoms with Crippen LogP contribution in [-0.2, 0) is 10.8 Å². The Hall–Kier alpha value is -5.80. The minimum Gasteiger partial charge on any atom is -0.307 e. The van der Waals surface area contributed by atoms with E-state index in [1.54, 1.807) is 0 Å². The highest BCUT2D eigenvalue weighted by molar-refractivity contribution is 6.98. The van der Waals surface area contributed by atoms with E-state index in [9.17, 15) is 0 Å². The van der Waals surface area contributed by atoms with Crippen LogP contribution >= 0.6 is 0 Å². The average molecular weight is 695 g/mol. The van der Waals surface area contributed by atoms with Crippen molar-refractivity contribution in [2.75, 3.05) is 9.80 Å². The summed E-state index contributed by atoms with van der Waals surface area (Å²) in [7, 11) is 0. The fourth-order valence-electron chi connectivity index (χ4n) is 11.3. The quantitative estimate of drug-likeness (QED) is 0.166. The van der Waals surface area contributed by atoms with E-state index in [0.29, 0.717) is 0 Å². The first-order valence-corrected chi connectivity index (χ1v) is 19.5. The molecule has 0 spiro atoms. The Morgan fingerprint density at radius 3 is 1.61 bits per heavy atom. The maximum absolute atomic E-state index is 2.66. The fourth-order valence-corrected chi connectivity index (χ4v) is 11.3. The molecule has 7 aromatic rings. The molecule has 0 saturated heterocycles. The molecule has 0 unspecified atom stereocenters. The molecule has 0 amide bonds. The van der Waals surface area contributed by atoms with Crippen molar-refractivity contribution in [1.29, 1.82) is 0 Å². The van der Waals surface area contributed by atoms with Gasteiger partial charge in [-0.05, 0) is 100 Å². The molecule has 2 aliphatic carbocycles. The van der Waals surface area contributed by atoms with Crippen molar-refractivity contribution in [2.24, 2.45) is 0 Å². The highest BCUT2D eigenvalue weighted by atomic mass is 15.3. The Morgan fingerprint density at radius 2 is 0.926 bits per heavy atom. The lowest BCUT2D eigenvalue weighted by molar-refractivity contribution is 0.660. The molecule has 0 bridgehead atoms. The second kappa shape index (κ2) is 10.7. The minimum absolute atomic E-state index is 0.0749. The van der Waals surface area contributed by atoms with Crippen LogP contribution in [0, 0.1) is 20.8 Å². The summed E-state index contributed by atoms with van der Waals surface area (Å²) in [6, 6.07) is 50.9. The molecule has 260 valence electrons. The van der Waals surface area contributed by atoms with Gasteiger partial charge < -0.3 is 9.80 Å². The number of para-hydroxylation sites is 3. The largest absolute Gasteiger partial charge is 0.307 e. The zero-order valence-corrected chi connectivity index (χ0v) is 32.2. The summed E-state index contributed by atoms with van der Waals surface area (Å²) in [6.07, 6.45) is 0. The van der Waals surface area contributed by atoms with E-state index in [-0.39, 0.29) is 17.5 Å². The van der Waals surface area contributed by atoms with Crippen molar-refractivity contribution in [1.82, 2.24) is 0 Å². The van der Waals surface area contributed by atoms with Crippen LogP contribution < -0.4 is 26.2 Å². The molecule has 0 N–H and O–H groups in total. The van der Waals surface area contributed by atoms with Gasteiger partial charge in [-0.3, -0.25) is 0 Å². The van der Waals surface area contributed by atoms with E-state index in [0.717, 1.165) is 0 Å². The lowest BCUT2D eigenvalue weighted by atomic mass is 9.33. The number of hydrogen-bond donors (Lipinski definition) is 0. The van der Waals surface area contributed by atoms with Gasteiger partial charge in [0, 0.05) is 16.5 Å². The molecule has 0 saturated carbocycles. The van der Waals surface area contributed by atoms with Crippen molar-refractivity contribution in [2.45, 2.75) is 59.3 Å².